The zero-order valence-electron chi connectivity index (χ0n) is 15.1. The van der Waals surface area contributed by atoms with E-state index in [4.69, 9.17) is 4.43 Å². The first-order valence-corrected chi connectivity index (χ1v) is 11.8. The quantitative estimate of drug-likeness (QED) is 0.263. The van der Waals surface area contributed by atoms with Gasteiger partial charge in [0.1, 0.15) is 6.54 Å². The van der Waals surface area contributed by atoms with Crippen LogP contribution >= 0.6 is 0 Å². The Hall–Kier alpha value is 0.137. The Kier molecular flexibility index (Phi) is 10.9. The molecule has 20 heavy (non-hydrogen) atoms. The van der Waals surface area contributed by atoms with Gasteiger partial charge in [0.05, 0.1) is 27.7 Å². The third-order valence-corrected chi connectivity index (χ3v) is 6.43. The molecule has 0 aliphatic heterocycles. The summed E-state index contributed by atoms with van der Waals surface area (Å²) in [7, 11) is 5.30. The van der Waals surface area contributed by atoms with E-state index in [0.29, 0.717) is 0 Å². The average molecular weight is 303 g/mol. The maximum Gasteiger partial charge on any atom is 0.187 e. The molecule has 0 rings (SSSR count). The van der Waals surface area contributed by atoms with E-state index in [1.165, 1.54) is 57.4 Å². The van der Waals surface area contributed by atoms with Crippen LogP contribution in [0.5, 0.6) is 0 Å². The topological polar surface area (TPSA) is 9.23 Å². The normalized spacial score (nSPS) is 12.9. The highest BCUT2D eigenvalue weighted by Crippen LogP contribution is 2.17. The number of hydrogen-bond donors (Lipinski definition) is 0. The van der Waals surface area contributed by atoms with E-state index >= 15 is 0 Å². The zero-order chi connectivity index (χ0) is 15.5. The van der Waals surface area contributed by atoms with Crippen LogP contribution < -0.4 is 0 Å². The molecule has 0 heterocycles. The monoisotopic (exact) mass is 302 g/mol. The van der Waals surface area contributed by atoms with Crippen molar-refractivity contribution in [3.05, 3.63) is 0 Å². The van der Waals surface area contributed by atoms with Crippen molar-refractivity contribution < 1.29 is 8.91 Å². The standard InChI is InChI=1S/C17H40NOSi/c1-7-8-9-10-11-12-13-14-17-20(5,6)19-16-15-18(2,3)4/h7-17H2,1-6H3/q+1. The number of nitrogens with zero attached hydrogens (tertiary/aromatic N) is 1. The third-order valence-electron chi connectivity index (χ3n) is 3.89. The van der Waals surface area contributed by atoms with Gasteiger partial charge in [-0.15, -0.1) is 0 Å². The summed E-state index contributed by atoms with van der Waals surface area (Å²) >= 11 is 0. The third kappa shape index (κ3) is 14.5. The second-order valence-corrected chi connectivity index (χ2v) is 12.2. The van der Waals surface area contributed by atoms with Crippen LogP contribution in [0.15, 0.2) is 0 Å². The molecular weight excluding hydrogens is 262 g/mol. The molecule has 0 aliphatic rings. The van der Waals surface area contributed by atoms with Crippen molar-refractivity contribution in [3.8, 4) is 0 Å². The fraction of sp³-hybridized carbons (Fsp3) is 1.00. The van der Waals surface area contributed by atoms with Crippen molar-refractivity contribution in [2.75, 3.05) is 34.3 Å². The maximum absolute atomic E-state index is 6.19. The molecule has 0 saturated carbocycles. The molecule has 0 unspecified atom stereocenters. The van der Waals surface area contributed by atoms with Crippen LogP contribution in [0.1, 0.15) is 58.3 Å². The molecule has 0 amide bonds. The van der Waals surface area contributed by atoms with Crippen molar-refractivity contribution in [1.82, 2.24) is 0 Å². The number of rotatable bonds is 13. The molecule has 0 N–H and O–H groups in total. The fourth-order valence-electron chi connectivity index (χ4n) is 2.35. The number of likely N-dealkylation sites (N-methyl/N-ethyl adjacent to an activating group) is 1. The molecule has 0 spiro atoms. The molecular formula is C17H40NOSi+. The van der Waals surface area contributed by atoms with Crippen molar-refractivity contribution in [3.63, 3.8) is 0 Å². The molecule has 0 fully saturated rings. The van der Waals surface area contributed by atoms with Gasteiger partial charge < -0.3 is 8.91 Å². The number of hydrogen-bond acceptors (Lipinski definition) is 1. The van der Waals surface area contributed by atoms with Crippen molar-refractivity contribution in [2.45, 2.75) is 77.4 Å². The summed E-state index contributed by atoms with van der Waals surface area (Å²) in [5, 5.41) is 0. The first kappa shape index (κ1) is 20.1. The predicted molar refractivity (Wildman–Crippen MR) is 93.8 cm³/mol. The highest BCUT2D eigenvalue weighted by Gasteiger charge is 2.22. The van der Waals surface area contributed by atoms with E-state index in [-0.39, 0.29) is 0 Å². The minimum absolute atomic E-state index is 0.930. The van der Waals surface area contributed by atoms with Crippen LogP contribution in [0.4, 0.5) is 0 Å². The van der Waals surface area contributed by atoms with E-state index in [9.17, 15) is 0 Å². The van der Waals surface area contributed by atoms with Crippen LogP contribution in [0.3, 0.4) is 0 Å². The minimum atomic E-state index is -1.39. The zero-order valence-corrected chi connectivity index (χ0v) is 16.1. The lowest BCUT2D eigenvalue weighted by Gasteiger charge is -2.28. The van der Waals surface area contributed by atoms with Crippen LogP contribution in [-0.2, 0) is 4.43 Å². The molecule has 3 heteroatoms. The predicted octanol–water partition coefficient (Wildman–Crippen LogP) is 5.06. The Morgan fingerprint density at radius 3 is 1.80 bits per heavy atom. The highest BCUT2D eigenvalue weighted by molar-refractivity contribution is 6.71. The Labute approximate surface area is 129 Å². The molecule has 0 aromatic rings. The van der Waals surface area contributed by atoms with Gasteiger partial charge in [0.25, 0.3) is 0 Å². The van der Waals surface area contributed by atoms with E-state index in [2.05, 4.69) is 41.2 Å². The SMILES string of the molecule is CCCCCCCCCC[Si](C)(C)OCC[N+](C)(C)C. The number of unbranched alkanes of at least 4 members (excludes halogenated alkanes) is 7. The molecule has 0 radical (unpaired) electrons. The first-order chi connectivity index (χ1) is 9.27. The molecule has 0 aromatic carbocycles. The molecule has 0 saturated heterocycles. The van der Waals surface area contributed by atoms with Gasteiger partial charge >= 0.3 is 0 Å². The van der Waals surface area contributed by atoms with Gasteiger partial charge in [-0.3, -0.25) is 0 Å². The molecule has 0 atom stereocenters. The van der Waals surface area contributed by atoms with Crippen LogP contribution in [-0.4, -0.2) is 47.1 Å². The summed E-state index contributed by atoms with van der Waals surface area (Å²) in [6.45, 7) is 9.09. The summed E-state index contributed by atoms with van der Waals surface area (Å²) < 4.78 is 7.19. The van der Waals surface area contributed by atoms with E-state index in [1.54, 1.807) is 0 Å². The van der Waals surface area contributed by atoms with E-state index in [1.807, 2.05) is 0 Å². The summed E-state index contributed by atoms with van der Waals surface area (Å²) in [6, 6.07) is 1.33. The minimum Gasteiger partial charge on any atom is -0.412 e. The number of quaternary nitrogens is 1. The van der Waals surface area contributed by atoms with Crippen LogP contribution in [0.2, 0.25) is 19.1 Å². The Bertz CT molecular complexity index is 224. The summed E-state index contributed by atoms with van der Waals surface area (Å²) in [4.78, 5) is 0. The van der Waals surface area contributed by atoms with E-state index in [0.717, 1.165) is 17.6 Å². The van der Waals surface area contributed by atoms with Gasteiger partial charge in [-0.25, -0.2) is 0 Å². The Morgan fingerprint density at radius 1 is 0.800 bits per heavy atom. The van der Waals surface area contributed by atoms with Gasteiger partial charge in [0, 0.05) is 0 Å². The van der Waals surface area contributed by atoms with Crippen molar-refractivity contribution >= 4 is 8.32 Å². The molecule has 0 bridgehead atoms. The van der Waals surface area contributed by atoms with Crippen molar-refractivity contribution in [1.29, 1.82) is 0 Å². The smallest absolute Gasteiger partial charge is 0.187 e. The summed E-state index contributed by atoms with van der Waals surface area (Å²) in [5.41, 5.74) is 0. The van der Waals surface area contributed by atoms with Gasteiger partial charge in [-0.05, 0) is 19.1 Å². The second kappa shape index (κ2) is 10.8. The fourth-order valence-corrected chi connectivity index (χ4v) is 4.24. The van der Waals surface area contributed by atoms with Gasteiger partial charge in [0.15, 0.2) is 8.32 Å². The largest absolute Gasteiger partial charge is 0.412 e. The van der Waals surface area contributed by atoms with Crippen molar-refractivity contribution in [2.24, 2.45) is 0 Å². The molecule has 2 nitrogen and oxygen atoms in total. The summed E-state index contributed by atoms with van der Waals surface area (Å²) in [6.07, 6.45) is 11.3. The first-order valence-electron chi connectivity index (χ1n) is 8.71. The Balaban J connectivity index is 3.47. The summed E-state index contributed by atoms with van der Waals surface area (Å²) in [5.74, 6) is 0. The lowest BCUT2D eigenvalue weighted by Crippen LogP contribution is -2.40. The van der Waals surface area contributed by atoms with E-state index < -0.39 is 8.32 Å². The molecule has 0 aromatic heterocycles. The highest BCUT2D eigenvalue weighted by atomic mass is 28.4. The molecule has 122 valence electrons. The van der Waals surface area contributed by atoms with Crippen LogP contribution in [0, 0.1) is 0 Å². The average Bonchev–Trinajstić information content (AvgIpc) is 2.30. The lowest BCUT2D eigenvalue weighted by atomic mass is 10.1. The Morgan fingerprint density at radius 2 is 1.30 bits per heavy atom. The van der Waals surface area contributed by atoms with Gasteiger partial charge in [0.2, 0.25) is 0 Å². The maximum atomic E-state index is 6.19. The lowest BCUT2D eigenvalue weighted by molar-refractivity contribution is -0.870. The van der Waals surface area contributed by atoms with Crippen LogP contribution in [0.25, 0.3) is 0 Å². The second-order valence-electron chi connectivity index (χ2n) is 7.85. The molecule has 0 aliphatic carbocycles. The van der Waals surface area contributed by atoms with Gasteiger partial charge in [-0.1, -0.05) is 58.3 Å². The van der Waals surface area contributed by atoms with Gasteiger partial charge in [-0.2, -0.15) is 0 Å².